The molecule has 0 fully saturated rings. The number of aliphatic hydroxyl groups is 1. The summed E-state index contributed by atoms with van der Waals surface area (Å²) in [6.45, 7) is 26.4. The first-order valence-electron chi connectivity index (χ1n) is 27.1. The molecule has 21 heteroatoms. The maximum atomic E-state index is 12.8. The summed E-state index contributed by atoms with van der Waals surface area (Å²) >= 11 is 0. The number of hydrogen-bond acceptors (Lipinski definition) is 12. The predicted octanol–water partition coefficient (Wildman–Crippen LogP) is 11.9. The number of aliphatic imine (C=N–C) groups is 1. The molecule has 4 heterocycles. The molecule has 3 N–H and O–H groups in total. The van der Waals surface area contributed by atoms with Crippen LogP contribution in [-0.2, 0) is 40.5 Å². The second kappa shape index (κ2) is 29.7. The Labute approximate surface area is 502 Å². The molecule has 0 aliphatic carbocycles. The van der Waals surface area contributed by atoms with Gasteiger partial charge in [-0.3, -0.25) is 34.2 Å². The van der Waals surface area contributed by atoms with Gasteiger partial charge < -0.3 is 18.7 Å². The number of aliphatic hydroxyl groups excluding tert-OH is 1. The third-order valence-corrected chi connectivity index (χ3v) is 24.5. The minimum atomic E-state index is -1.96. The van der Waals surface area contributed by atoms with Gasteiger partial charge in [0.2, 0.25) is 7.85 Å². The summed E-state index contributed by atoms with van der Waals surface area (Å²) in [5.41, 5.74) is 7.37. The van der Waals surface area contributed by atoms with Crippen molar-refractivity contribution in [1.29, 1.82) is 0 Å². The Hall–Kier alpha value is -7.04. The van der Waals surface area contributed by atoms with E-state index in [0.29, 0.717) is 42.2 Å². The van der Waals surface area contributed by atoms with E-state index in [1.165, 1.54) is 11.0 Å². The van der Waals surface area contributed by atoms with Crippen molar-refractivity contribution in [2.75, 3.05) is 13.2 Å². The first-order chi connectivity index (χ1) is 37.9. The molecule has 4 atom stereocenters. The summed E-state index contributed by atoms with van der Waals surface area (Å²) in [7, 11) is 6.18. The Bertz CT molecular complexity index is 3210. The van der Waals surface area contributed by atoms with Gasteiger partial charge >= 0.3 is 123 Å². The van der Waals surface area contributed by atoms with Crippen LogP contribution in [0.15, 0.2) is 114 Å². The molecule has 4 unspecified atom stereocenters. The molecule has 0 spiro atoms. The smallest absolute Gasteiger partial charge is 0.407 e. The van der Waals surface area contributed by atoms with Crippen molar-refractivity contribution in [3.63, 3.8) is 0 Å². The zero-order valence-corrected chi connectivity index (χ0v) is 51.2. The minimum absolute atomic E-state index is 0. The second-order valence-electron chi connectivity index (χ2n) is 23.6. The van der Waals surface area contributed by atoms with Gasteiger partial charge in [0.25, 0.3) is 23.6 Å². The number of carbonyl (C=O) groups excluding carboxylic acids is 5. The van der Waals surface area contributed by atoms with Crippen LogP contribution in [0, 0.1) is 0 Å². The summed E-state index contributed by atoms with van der Waals surface area (Å²) in [5, 5.41) is 14.6. The van der Waals surface area contributed by atoms with E-state index in [1.54, 1.807) is 48.5 Å². The number of rotatable bonds is 18. The number of benzene rings is 4. The van der Waals surface area contributed by atoms with Crippen LogP contribution in [0.2, 0.25) is 36.3 Å². The summed E-state index contributed by atoms with van der Waals surface area (Å²) in [6.07, 6.45) is 5.97. The molecule has 5 amide bonds. The van der Waals surface area contributed by atoms with Crippen LogP contribution in [0.1, 0.15) is 154 Å². The average Bonchev–Trinajstić information content (AvgIpc) is 4.17. The van der Waals surface area contributed by atoms with Crippen molar-refractivity contribution in [1.82, 2.24) is 34.6 Å². The third kappa shape index (κ3) is 17.5. The second-order valence-corrected chi connectivity index (χ2v) is 33.1. The first-order valence-corrected chi connectivity index (χ1v) is 32.9. The van der Waals surface area contributed by atoms with E-state index in [2.05, 4.69) is 97.2 Å². The molecule has 2 radical (unpaired) electrons. The molecule has 0 bridgehead atoms. The number of nitrogens with zero attached hydrogens (tertiary/aromatic N) is 6. The van der Waals surface area contributed by atoms with Gasteiger partial charge in [0.1, 0.15) is 11.9 Å². The molecular formula is C63H88B2N8O9Si2. The number of aryl methyl sites for hydroxylation is 2. The monoisotopic (exact) mass is 1180 g/mol. The number of imide groups is 2. The Balaban J connectivity index is 0.000000369. The van der Waals surface area contributed by atoms with Gasteiger partial charge in [-0.1, -0.05) is 112 Å². The Kier molecular flexibility index (Phi) is 25.2. The van der Waals surface area contributed by atoms with Gasteiger partial charge in [-0.2, -0.15) is 0 Å². The number of hydrogen-bond donors (Lipinski definition) is 3. The van der Waals surface area contributed by atoms with Gasteiger partial charge in [0, 0.05) is 25.4 Å². The third-order valence-electron chi connectivity index (χ3n) is 15.4. The van der Waals surface area contributed by atoms with Gasteiger partial charge in [0.15, 0.2) is 22.4 Å². The van der Waals surface area contributed by atoms with Crippen LogP contribution < -0.4 is 10.6 Å². The number of fused-ring (bicyclic) bond motifs is 2. The summed E-state index contributed by atoms with van der Waals surface area (Å²) in [6, 6.07) is 28.5. The van der Waals surface area contributed by atoms with Crippen LogP contribution in [0.3, 0.4) is 0 Å². The van der Waals surface area contributed by atoms with Crippen molar-refractivity contribution in [2.45, 2.75) is 151 Å². The van der Waals surface area contributed by atoms with E-state index in [0.717, 1.165) is 45.3 Å². The van der Waals surface area contributed by atoms with Crippen LogP contribution in [0.25, 0.3) is 22.5 Å². The van der Waals surface area contributed by atoms with E-state index in [-0.39, 0.29) is 87.4 Å². The normalized spacial score (nSPS) is 14.4. The number of imidazole rings is 2. The summed E-state index contributed by atoms with van der Waals surface area (Å²) in [4.78, 5) is 74.2. The molecule has 0 saturated heterocycles. The quantitative estimate of drug-likeness (QED) is 0.0418. The van der Waals surface area contributed by atoms with Gasteiger partial charge in [-0.05, 0) is 86.4 Å². The fraction of sp³-hybridized carbons (Fsp3) is 0.429. The van der Waals surface area contributed by atoms with Crippen LogP contribution in [0.5, 0.6) is 0 Å². The van der Waals surface area contributed by atoms with Crippen molar-refractivity contribution >= 4 is 67.2 Å². The van der Waals surface area contributed by atoms with Crippen LogP contribution in [-0.4, -0.2) is 122 Å². The van der Waals surface area contributed by atoms with Gasteiger partial charge in [-0.25, -0.2) is 4.98 Å². The topological polar surface area (TPSA) is 216 Å². The Morgan fingerprint density at radius 2 is 1.06 bits per heavy atom. The summed E-state index contributed by atoms with van der Waals surface area (Å²) in [5.74, 6) is -0.266. The zero-order valence-electron chi connectivity index (χ0n) is 49.2. The van der Waals surface area contributed by atoms with E-state index in [9.17, 15) is 33.8 Å². The fourth-order valence-corrected chi connectivity index (χ4v) is 11.6. The van der Waals surface area contributed by atoms with E-state index < -0.39 is 28.5 Å². The summed E-state index contributed by atoms with van der Waals surface area (Å²) < 4.78 is 27.6. The zero-order chi connectivity index (χ0) is 59.8. The van der Waals surface area contributed by atoms with E-state index in [4.69, 9.17) is 26.7 Å². The van der Waals surface area contributed by atoms with Crippen molar-refractivity contribution in [3.05, 3.63) is 154 Å². The van der Waals surface area contributed by atoms with E-state index >= 15 is 0 Å². The molecule has 2 aliphatic heterocycles. The molecule has 2 aromatic heterocycles. The van der Waals surface area contributed by atoms with Gasteiger partial charge in [0.05, 0.1) is 34.0 Å². The maximum absolute atomic E-state index is 12.8. The molecular weight excluding hydrogens is 1090 g/mol. The number of amides is 5. The van der Waals surface area contributed by atoms with Crippen molar-refractivity contribution in [3.8, 4) is 22.5 Å². The van der Waals surface area contributed by atoms with Crippen LogP contribution >= 0.6 is 0 Å². The molecule has 4 aromatic carbocycles. The molecule has 8 rings (SSSR count). The number of carbonyl (C=O) groups is 5. The minimum Gasteiger partial charge on any atom is -0.407 e. The van der Waals surface area contributed by atoms with Crippen molar-refractivity contribution in [2.24, 2.45) is 19.1 Å². The molecule has 84 heavy (non-hydrogen) atoms. The SMILES string of the molecule is C.C.C.CC(O[Si](C)(C)C(C)(C)C)c1nc(-c2ccc(CC(CO)N=CB=O)cc2)cn1C.O=C1NC(=O)c2ccccc21.[B]C(=O)NC(Cc1ccc(-c2cn(C)c(C(C)O[Si](C)(C)C(C)(C)C)n2)cc1)CN1C(=O)c2ccccc2C1=O. The Morgan fingerprint density at radius 3 is 1.42 bits per heavy atom. The first kappa shape index (κ1) is 71.2. The van der Waals surface area contributed by atoms with Gasteiger partial charge in [-0.15, -0.1) is 0 Å². The molecule has 448 valence electrons. The molecule has 2 aliphatic rings. The van der Waals surface area contributed by atoms with Crippen molar-refractivity contribution < 1.29 is 42.6 Å². The standard InChI is InChI=1S/C30H37BN4O4Si.C22H34BN3O3Si.C8H5NO2.3CH4/c1-19(39-40(6,7)30(2,3)4)26-33-25(18-34(26)5)21-14-12-20(13-15-21)16-22(32-29(31)38)17-35-27(36)23-10-8-9-11-24(23)28(35)37;1-16(29-30(6,7)22(2,3)4)21-25-20(13-26(21)5)18-10-8-17(9-11-18)12-19(14-27)24-15-23-28;10-7-5-3-1-2-4-6(5)8(11)9-7;;;/h8-15,18-19,22H,16-17H2,1-7H3,(H,32,38);8-11,13,15-16,19,27H,12,14H2,1-7H3;1-4H,(H,9,10,11);3*1H4. The Morgan fingerprint density at radius 1 is 0.679 bits per heavy atom. The molecule has 0 saturated carbocycles. The predicted molar refractivity (Wildman–Crippen MR) is 342 cm³/mol. The average molecular weight is 1180 g/mol. The fourth-order valence-electron chi connectivity index (χ4n) is 8.94. The number of aromatic nitrogens is 4. The molecule has 17 nitrogen and oxygen atoms in total. The van der Waals surface area contributed by atoms with E-state index in [1.807, 2.05) is 84.2 Å². The molecule has 6 aromatic rings. The number of nitrogens with one attached hydrogen (secondary N) is 2. The van der Waals surface area contributed by atoms with Crippen LogP contribution in [0.4, 0.5) is 4.79 Å².